The number of nitrogens with zero attached hydrogens (tertiary/aromatic N) is 1. The topological polar surface area (TPSA) is 29.5 Å². The third kappa shape index (κ3) is 6.61. The van der Waals surface area contributed by atoms with Crippen molar-refractivity contribution >= 4 is 5.97 Å². The molecule has 0 aromatic heterocycles. The number of aryl methyl sites for hydroxylation is 1. The molecule has 1 aliphatic rings. The number of rotatable bonds is 8. The fourth-order valence-electron chi connectivity index (χ4n) is 2.92. The van der Waals surface area contributed by atoms with E-state index in [1.807, 2.05) is 0 Å². The average molecular weight is 303 g/mol. The Kier molecular flexibility index (Phi) is 7.44. The summed E-state index contributed by atoms with van der Waals surface area (Å²) in [6.45, 7) is 5.35. The number of hydrogen-bond donors (Lipinski definition) is 0. The Balaban J connectivity index is 1.54. The summed E-state index contributed by atoms with van der Waals surface area (Å²) < 4.78 is 5.39. The van der Waals surface area contributed by atoms with Gasteiger partial charge < -0.3 is 4.74 Å². The van der Waals surface area contributed by atoms with Gasteiger partial charge in [-0.05, 0) is 56.7 Å². The first-order valence-corrected chi connectivity index (χ1v) is 8.66. The standard InChI is InChI=1S/C19H29NO2/c1-17(10-11-18-8-4-2-5-9-18)12-15-22-19(21)16-20-13-6-3-7-14-20/h2,4-5,8-9,17H,3,6-7,10-16H2,1H3. The van der Waals surface area contributed by atoms with Crippen molar-refractivity contribution in [2.24, 2.45) is 5.92 Å². The second-order valence-corrected chi connectivity index (χ2v) is 6.48. The van der Waals surface area contributed by atoms with E-state index in [4.69, 9.17) is 4.74 Å². The van der Waals surface area contributed by atoms with Crippen LogP contribution in [0.15, 0.2) is 30.3 Å². The van der Waals surface area contributed by atoms with E-state index in [0.717, 1.165) is 32.4 Å². The molecule has 1 fully saturated rings. The van der Waals surface area contributed by atoms with Gasteiger partial charge in [-0.2, -0.15) is 0 Å². The van der Waals surface area contributed by atoms with Crippen LogP contribution in [0.4, 0.5) is 0 Å². The van der Waals surface area contributed by atoms with Crippen LogP contribution in [0.1, 0.15) is 44.6 Å². The lowest BCUT2D eigenvalue weighted by Crippen LogP contribution is -2.35. The summed E-state index contributed by atoms with van der Waals surface area (Å²) in [6, 6.07) is 10.6. The van der Waals surface area contributed by atoms with Crippen molar-refractivity contribution in [3.05, 3.63) is 35.9 Å². The minimum absolute atomic E-state index is 0.0582. The van der Waals surface area contributed by atoms with E-state index in [1.165, 1.54) is 24.8 Å². The smallest absolute Gasteiger partial charge is 0.320 e. The fourth-order valence-corrected chi connectivity index (χ4v) is 2.92. The molecule has 0 spiro atoms. The molecule has 3 nitrogen and oxygen atoms in total. The zero-order chi connectivity index (χ0) is 15.6. The summed E-state index contributed by atoms with van der Waals surface area (Å²) >= 11 is 0. The van der Waals surface area contributed by atoms with Gasteiger partial charge in [0.25, 0.3) is 0 Å². The number of ether oxygens (including phenoxy) is 1. The maximum Gasteiger partial charge on any atom is 0.320 e. The predicted octanol–water partition coefficient (Wildman–Crippen LogP) is 3.67. The van der Waals surface area contributed by atoms with Crippen molar-refractivity contribution in [3.8, 4) is 0 Å². The van der Waals surface area contributed by atoms with E-state index in [2.05, 4.69) is 42.2 Å². The fraction of sp³-hybridized carbons (Fsp3) is 0.632. The number of benzene rings is 1. The van der Waals surface area contributed by atoms with Crippen molar-refractivity contribution < 1.29 is 9.53 Å². The second-order valence-electron chi connectivity index (χ2n) is 6.48. The summed E-state index contributed by atoms with van der Waals surface area (Å²) in [4.78, 5) is 14.0. The molecule has 0 amide bonds. The van der Waals surface area contributed by atoms with Gasteiger partial charge in [-0.25, -0.2) is 0 Å². The molecule has 2 rings (SSSR count). The minimum Gasteiger partial charge on any atom is -0.465 e. The maximum atomic E-state index is 11.8. The van der Waals surface area contributed by atoms with E-state index in [1.54, 1.807) is 0 Å². The summed E-state index contributed by atoms with van der Waals surface area (Å²) in [6.07, 6.45) is 6.92. The van der Waals surface area contributed by atoms with Crippen molar-refractivity contribution in [1.82, 2.24) is 4.90 Å². The van der Waals surface area contributed by atoms with Crippen molar-refractivity contribution in [3.63, 3.8) is 0 Å². The molecule has 1 heterocycles. The van der Waals surface area contributed by atoms with E-state index < -0.39 is 0 Å². The Morgan fingerprint density at radius 2 is 1.86 bits per heavy atom. The normalized spacial score (nSPS) is 17.1. The Morgan fingerprint density at radius 1 is 1.14 bits per heavy atom. The van der Waals surface area contributed by atoms with Gasteiger partial charge in [-0.15, -0.1) is 0 Å². The summed E-state index contributed by atoms with van der Waals surface area (Å²) in [5.74, 6) is 0.528. The van der Waals surface area contributed by atoms with Gasteiger partial charge in [0.2, 0.25) is 0 Å². The van der Waals surface area contributed by atoms with Gasteiger partial charge >= 0.3 is 5.97 Å². The highest BCUT2D eigenvalue weighted by atomic mass is 16.5. The van der Waals surface area contributed by atoms with Gasteiger partial charge in [-0.1, -0.05) is 43.7 Å². The summed E-state index contributed by atoms with van der Waals surface area (Å²) in [5, 5.41) is 0. The zero-order valence-corrected chi connectivity index (χ0v) is 13.8. The van der Waals surface area contributed by atoms with Crippen LogP contribution in [0.5, 0.6) is 0 Å². The highest BCUT2D eigenvalue weighted by molar-refractivity contribution is 5.71. The Hall–Kier alpha value is -1.35. The molecule has 0 bridgehead atoms. The first-order valence-electron chi connectivity index (χ1n) is 8.66. The van der Waals surface area contributed by atoms with Gasteiger partial charge in [0.1, 0.15) is 0 Å². The molecule has 0 N–H and O–H groups in total. The number of esters is 1. The van der Waals surface area contributed by atoms with E-state index in [9.17, 15) is 4.79 Å². The molecular formula is C19H29NO2. The molecule has 1 aromatic rings. The Morgan fingerprint density at radius 3 is 2.59 bits per heavy atom. The molecule has 122 valence electrons. The largest absolute Gasteiger partial charge is 0.465 e. The number of carbonyl (C=O) groups excluding carboxylic acids is 1. The van der Waals surface area contributed by atoms with Crippen LogP contribution >= 0.6 is 0 Å². The highest BCUT2D eigenvalue weighted by Gasteiger charge is 2.14. The van der Waals surface area contributed by atoms with Crippen LogP contribution in [0, 0.1) is 5.92 Å². The van der Waals surface area contributed by atoms with Crippen molar-refractivity contribution in [1.29, 1.82) is 0 Å². The number of carbonyl (C=O) groups is 1. The van der Waals surface area contributed by atoms with Crippen LogP contribution in [0.3, 0.4) is 0 Å². The average Bonchev–Trinajstić information content (AvgIpc) is 2.55. The number of likely N-dealkylation sites (tertiary alicyclic amines) is 1. The van der Waals surface area contributed by atoms with Gasteiger partial charge in [0.05, 0.1) is 13.2 Å². The summed E-state index contributed by atoms with van der Waals surface area (Å²) in [5.41, 5.74) is 1.39. The van der Waals surface area contributed by atoms with Crippen molar-refractivity contribution in [2.45, 2.75) is 45.4 Å². The molecule has 1 aromatic carbocycles. The Labute approximate surface area is 134 Å². The molecule has 22 heavy (non-hydrogen) atoms. The molecule has 1 aliphatic heterocycles. The van der Waals surface area contributed by atoms with Crippen LogP contribution in [0.25, 0.3) is 0 Å². The van der Waals surface area contributed by atoms with Crippen LogP contribution < -0.4 is 0 Å². The quantitative estimate of drug-likeness (QED) is 0.686. The highest BCUT2D eigenvalue weighted by Crippen LogP contribution is 2.13. The van der Waals surface area contributed by atoms with Gasteiger partial charge in [0, 0.05) is 0 Å². The number of hydrogen-bond acceptors (Lipinski definition) is 3. The molecular weight excluding hydrogens is 274 g/mol. The van der Waals surface area contributed by atoms with Crippen molar-refractivity contribution in [2.75, 3.05) is 26.2 Å². The second kappa shape index (κ2) is 9.62. The molecule has 0 aliphatic carbocycles. The molecule has 0 saturated carbocycles. The number of piperidine rings is 1. The maximum absolute atomic E-state index is 11.8. The van der Waals surface area contributed by atoms with Crippen LogP contribution in [-0.2, 0) is 16.0 Å². The Bertz CT molecular complexity index is 426. The lowest BCUT2D eigenvalue weighted by atomic mass is 9.99. The van der Waals surface area contributed by atoms with E-state index in [0.29, 0.717) is 19.1 Å². The first kappa shape index (κ1) is 17.0. The molecule has 1 unspecified atom stereocenters. The first-order chi connectivity index (χ1) is 10.7. The van der Waals surface area contributed by atoms with Crippen LogP contribution in [0.2, 0.25) is 0 Å². The van der Waals surface area contributed by atoms with E-state index in [-0.39, 0.29) is 5.97 Å². The van der Waals surface area contributed by atoms with Crippen LogP contribution in [-0.4, -0.2) is 37.1 Å². The molecule has 1 saturated heterocycles. The minimum atomic E-state index is -0.0582. The zero-order valence-electron chi connectivity index (χ0n) is 13.8. The molecule has 1 atom stereocenters. The van der Waals surface area contributed by atoms with E-state index >= 15 is 0 Å². The van der Waals surface area contributed by atoms with Gasteiger partial charge in [0.15, 0.2) is 0 Å². The van der Waals surface area contributed by atoms with Gasteiger partial charge in [-0.3, -0.25) is 9.69 Å². The third-order valence-corrected chi connectivity index (χ3v) is 4.44. The SMILES string of the molecule is CC(CCOC(=O)CN1CCCCC1)CCc1ccccc1. The monoisotopic (exact) mass is 303 g/mol. The molecule has 3 heteroatoms. The lowest BCUT2D eigenvalue weighted by Gasteiger charge is -2.25. The lowest BCUT2D eigenvalue weighted by molar-refractivity contribution is -0.145. The third-order valence-electron chi connectivity index (χ3n) is 4.44. The summed E-state index contributed by atoms with van der Waals surface area (Å²) in [7, 11) is 0. The predicted molar refractivity (Wildman–Crippen MR) is 89.8 cm³/mol. The molecule has 0 radical (unpaired) electrons.